The summed E-state index contributed by atoms with van der Waals surface area (Å²) in [4.78, 5) is 23.4. The fraction of sp³-hybridized carbons (Fsp3) is 0.316. The van der Waals surface area contributed by atoms with E-state index in [1.165, 1.54) is 30.0 Å². The molecule has 10 heteroatoms. The number of benzene rings is 2. The molecule has 29 heavy (non-hydrogen) atoms. The number of thioether (sulfide) groups is 1. The monoisotopic (exact) mass is 427 g/mol. The summed E-state index contributed by atoms with van der Waals surface area (Å²) in [6.07, 6.45) is -2.70. The van der Waals surface area contributed by atoms with Crippen LogP contribution < -0.4 is 4.74 Å². The quantitative estimate of drug-likeness (QED) is 0.210. The summed E-state index contributed by atoms with van der Waals surface area (Å²) in [6.45, 7) is 0.674. The van der Waals surface area contributed by atoms with Crippen molar-refractivity contribution < 1.29 is 32.4 Å². The van der Waals surface area contributed by atoms with E-state index in [1.54, 1.807) is 0 Å². The number of nitrogens with zero attached hydrogens (tertiary/aromatic N) is 1. The molecule has 0 saturated carbocycles. The molecule has 0 aromatic heterocycles. The Morgan fingerprint density at radius 1 is 1.28 bits per heavy atom. The molecule has 3 rings (SSSR count). The Kier molecular flexibility index (Phi) is 6.43. The molecular weight excluding hydrogens is 411 g/mol. The van der Waals surface area contributed by atoms with Gasteiger partial charge in [0, 0.05) is 18.4 Å². The normalized spacial score (nSPS) is 16.6. The molecule has 154 valence electrons. The summed E-state index contributed by atoms with van der Waals surface area (Å²) >= 11 is 1.26. The predicted octanol–water partition coefficient (Wildman–Crippen LogP) is 5.10. The third-order valence-corrected chi connectivity index (χ3v) is 5.41. The van der Waals surface area contributed by atoms with E-state index >= 15 is 0 Å². The lowest BCUT2D eigenvalue weighted by Gasteiger charge is -2.11. The summed E-state index contributed by atoms with van der Waals surface area (Å²) in [5, 5.41) is 11.4. The van der Waals surface area contributed by atoms with Crippen LogP contribution in [0.3, 0.4) is 0 Å². The minimum Gasteiger partial charge on any atom is -0.423 e. The number of nitro groups is 1. The van der Waals surface area contributed by atoms with Gasteiger partial charge in [-0.2, -0.15) is 13.2 Å². The zero-order chi connectivity index (χ0) is 21.0. The largest absolute Gasteiger partial charge is 0.423 e. The minimum absolute atomic E-state index is 0.0326. The average Bonchev–Trinajstić information content (AvgIpc) is 3.19. The summed E-state index contributed by atoms with van der Waals surface area (Å²) < 4.78 is 48.8. The molecule has 2 aromatic rings. The van der Waals surface area contributed by atoms with Gasteiger partial charge >= 0.3 is 12.1 Å². The van der Waals surface area contributed by atoms with Gasteiger partial charge in [0.1, 0.15) is 5.75 Å². The standard InChI is InChI=1S/C19H16F3NO5S/c20-19(21,22)13-3-1-4-14(10-13)28-18(24)12-6-7-17(16(9-12)23(25)26)29-11-15-5-2-8-27-15/h1,3-4,6-7,9-10,15H,2,5,8,11H2. The first-order valence-electron chi connectivity index (χ1n) is 8.66. The molecule has 1 aliphatic rings. The van der Waals surface area contributed by atoms with Crippen molar-refractivity contribution in [2.45, 2.75) is 30.0 Å². The van der Waals surface area contributed by atoms with Gasteiger partial charge in [-0.15, -0.1) is 11.8 Å². The van der Waals surface area contributed by atoms with Gasteiger partial charge in [0.15, 0.2) is 0 Å². The number of ether oxygens (including phenoxy) is 2. The number of hydrogen-bond donors (Lipinski definition) is 0. The van der Waals surface area contributed by atoms with Crippen molar-refractivity contribution in [2.75, 3.05) is 12.4 Å². The molecular formula is C19H16F3NO5S. The zero-order valence-corrected chi connectivity index (χ0v) is 15.8. The van der Waals surface area contributed by atoms with Crippen LogP contribution in [0, 0.1) is 10.1 Å². The zero-order valence-electron chi connectivity index (χ0n) is 15.0. The first-order valence-corrected chi connectivity index (χ1v) is 9.65. The van der Waals surface area contributed by atoms with Crippen LogP contribution in [0.1, 0.15) is 28.8 Å². The van der Waals surface area contributed by atoms with Crippen molar-refractivity contribution in [3.63, 3.8) is 0 Å². The van der Waals surface area contributed by atoms with E-state index in [4.69, 9.17) is 9.47 Å². The summed E-state index contributed by atoms with van der Waals surface area (Å²) in [7, 11) is 0. The Bertz CT molecular complexity index is 913. The number of carbonyl (C=O) groups excluding carboxylic acids is 1. The molecule has 0 amide bonds. The van der Waals surface area contributed by atoms with Crippen LogP contribution in [0.2, 0.25) is 0 Å². The van der Waals surface area contributed by atoms with Gasteiger partial charge in [-0.3, -0.25) is 10.1 Å². The topological polar surface area (TPSA) is 78.7 Å². The molecule has 6 nitrogen and oxygen atoms in total. The third kappa shape index (κ3) is 5.48. The predicted molar refractivity (Wildman–Crippen MR) is 99.2 cm³/mol. The van der Waals surface area contributed by atoms with E-state index < -0.39 is 22.6 Å². The number of halogens is 3. The van der Waals surface area contributed by atoms with Crippen LogP contribution in [-0.4, -0.2) is 29.4 Å². The number of nitro benzene ring substituents is 1. The van der Waals surface area contributed by atoms with Gasteiger partial charge in [0.25, 0.3) is 5.69 Å². The Hall–Kier alpha value is -2.59. The Labute approximate surface area is 168 Å². The van der Waals surface area contributed by atoms with Crippen molar-refractivity contribution in [1.29, 1.82) is 0 Å². The van der Waals surface area contributed by atoms with E-state index in [0.717, 1.165) is 31.0 Å². The lowest BCUT2D eigenvalue weighted by molar-refractivity contribution is -0.387. The maximum atomic E-state index is 12.8. The Morgan fingerprint density at radius 2 is 2.07 bits per heavy atom. The van der Waals surface area contributed by atoms with Gasteiger partial charge < -0.3 is 9.47 Å². The number of hydrogen-bond acceptors (Lipinski definition) is 6. The second kappa shape index (κ2) is 8.83. The van der Waals surface area contributed by atoms with Crippen molar-refractivity contribution in [3.8, 4) is 5.75 Å². The molecule has 0 radical (unpaired) electrons. The minimum atomic E-state index is -4.58. The Morgan fingerprint density at radius 3 is 2.72 bits per heavy atom. The first kappa shape index (κ1) is 21.1. The molecule has 1 atom stereocenters. The van der Waals surface area contributed by atoms with Crippen molar-refractivity contribution >= 4 is 23.4 Å². The first-order chi connectivity index (χ1) is 13.7. The highest BCUT2D eigenvalue weighted by molar-refractivity contribution is 7.99. The molecule has 1 unspecified atom stereocenters. The van der Waals surface area contributed by atoms with E-state index in [0.29, 0.717) is 23.3 Å². The van der Waals surface area contributed by atoms with Crippen molar-refractivity contribution in [2.24, 2.45) is 0 Å². The lowest BCUT2D eigenvalue weighted by atomic mass is 10.2. The molecule has 0 N–H and O–H groups in total. The molecule has 0 aliphatic carbocycles. The fourth-order valence-corrected chi connectivity index (χ4v) is 3.84. The molecule has 0 spiro atoms. The molecule has 1 aliphatic heterocycles. The van der Waals surface area contributed by atoms with Crippen LogP contribution in [0.15, 0.2) is 47.4 Å². The van der Waals surface area contributed by atoms with E-state index in [-0.39, 0.29) is 23.1 Å². The van der Waals surface area contributed by atoms with Gasteiger partial charge in [-0.1, -0.05) is 6.07 Å². The maximum absolute atomic E-state index is 12.8. The van der Waals surface area contributed by atoms with Crippen LogP contribution in [0.4, 0.5) is 18.9 Å². The second-order valence-electron chi connectivity index (χ2n) is 6.30. The van der Waals surface area contributed by atoms with Gasteiger partial charge in [0.05, 0.1) is 27.0 Å². The van der Waals surface area contributed by atoms with Crippen LogP contribution in [0.25, 0.3) is 0 Å². The SMILES string of the molecule is O=C(Oc1cccc(C(F)(F)F)c1)c1ccc(SCC2CCCO2)c([N+](=O)[O-])c1. The highest BCUT2D eigenvalue weighted by Crippen LogP contribution is 2.33. The average molecular weight is 427 g/mol. The molecule has 2 aromatic carbocycles. The van der Waals surface area contributed by atoms with Gasteiger partial charge in [-0.25, -0.2) is 4.79 Å². The van der Waals surface area contributed by atoms with Crippen LogP contribution in [-0.2, 0) is 10.9 Å². The number of rotatable bonds is 6. The molecule has 1 saturated heterocycles. The van der Waals surface area contributed by atoms with Gasteiger partial charge in [-0.05, 0) is 43.2 Å². The molecule has 0 bridgehead atoms. The van der Waals surface area contributed by atoms with E-state index in [9.17, 15) is 28.1 Å². The van der Waals surface area contributed by atoms with Crippen molar-refractivity contribution in [1.82, 2.24) is 0 Å². The molecule has 1 fully saturated rings. The number of carbonyl (C=O) groups is 1. The van der Waals surface area contributed by atoms with Crippen LogP contribution in [0.5, 0.6) is 5.75 Å². The second-order valence-corrected chi connectivity index (χ2v) is 7.36. The van der Waals surface area contributed by atoms with E-state index in [2.05, 4.69) is 0 Å². The van der Waals surface area contributed by atoms with Crippen molar-refractivity contribution in [3.05, 3.63) is 63.7 Å². The number of alkyl halides is 3. The summed E-state index contributed by atoms with van der Waals surface area (Å²) in [5.74, 6) is -0.734. The smallest absolute Gasteiger partial charge is 0.416 e. The maximum Gasteiger partial charge on any atom is 0.416 e. The third-order valence-electron chi connectivity index (χ3n) is 4.21. The summed E-state index contributed by atoms with van der Waals surface area (Å²) in [5.41, 5.74) is -1.36. The van der Waals surface area contributed by atoms with Gasteiger partial charge in [0.2, 0.25) is 0 Å². The Balaban J connectivity index is 1.75. The highest BCUT2D eigenvalue weighted by Gasteiger charge is 2.31. The molecule has 1 heterocycles. The fourth-order valence-electron chi connectivity index (χ4n) is 2.77. The van der Waals surface area contributed by atoms with Crippen LogP contribution >= 0.6 is 11.8 Å². The number of esters is 1. The van der Waals surface area contributed by atoms with E-state index in [1.807, 2.05) is 0 Å². The summed E-state index contributed by atoms with van der Waals surface area (Å²) in [6, 6.07) is 7.70. The lowest BCUT2D eigenvalue weighted by Crippen LogP contribution is -2.11. The highest BCUT2D eigenvalue weighted by atomic mass is 32.2.